The van der Waals surface area contributed by atoms with Crippen LogP contribution in [0.15, 0.2) is 24.4 Å². The van der Waals surface area contributed by atoms with Crippen molar-refractivity contribution in [1.29, 1.82) is 0 Å². The Labute approximate surface area is 90.5 Å². The quantitative estimate of drug-likeness (QED) is 0.664. The standard InChI is InChI=1S/C12H15N3/c1-2-6-14-12(4-1)5-3-9-15-10-7-13-8-11-15/h1-2,4,6,13H,7-11H2. The van der Waals surface area contributed by atoms with Crippen LogP contribution < -0.4 is 5.32 Å². The second kappa shape index (κ2) is 5.50. The summed E-state index contributed by atoms with van der Waals surface area (Å²) in [5.41, 5.74) is 0.854. The molecule has 1 saturated heterocycles. The van der Waals surface area contributed by atoms with Crippen LogP contribution in [0.1, 0.15) is 5.69 Å². The van der Waals surface area contributed by atoms with E-state index in [4.69, 9.17) is 0 Å². The molecule has 1 aromatic rings. The Morgan fingerprint density at radius 3 is 2.93 bits per heavy atom. The van der Waals surface area contributed by atoms with Gasteiger partial charge in [-0.3, -0.25) is 4.90 Å². The molecule has 0 saturated carbocycles. The highest BCUT2D eigenvalue weighted by Gasteiger charge is 2.06. The van der Waals surface area contributed by atoms with E-state index >= 15 is 0 Å². The van der Waals surface area contributed by atoms with Gasteiger partial charge in [0.2, 0.25) is 0 Å². The first-order valence-electron chi connectivity index (χ1n) is 5.28. The van der Waals surface area contributed by atoms with E-state index in [1.807, 2.05) is 18.2 Å². The molecule has 1 aromatic heterocycles. The van der Waals surface area contributed by atoms with Crippen LogP contribution in [-0.4, -0.2) is 42.6 Å². The van der Waals surface area contributed by atoms with Gasteiger partial charge >= 0.3 is 0 Å². The smallest absolute Gasteiger partial charge is 0.113 e. The lowest BCUT2D eigenvalue weighted by Crippen LogP contribution is -2.43. The van der Waals surface area contributed by atoms with Gasteiger partial charge in [0.1, 0.15) is 5.69 Å². The van der Waals surface area contributed by atoms with Crippen molar-refractivity contribution < 1.29 is 0 Å². The SMILES string of the molecule is C(#Cc1ccccn1)CN1CCNCC1. The van der Waals surface area contributed by atoms with E-state index in [-0.39, 0.29) is 0 Å². The van der Waals surface area contributed by atoms with E-state index in [9.17, 15) is 0 Å². The summed E-state index contributed by atoms with van der Waals surface area (Å²) in [7, 11) is 0. The molecule has 0 spiro atoms. The molecule has 0 bridgehead atoms. The van der Waals surface area contributed by atoms with Gasteiger partial charge in [-0.15, -0.1) is 0 Å². The molecule has 15 heavy (non-hydrogen) atoms. The summed E-state index contributed by atoms with van der Waals surface area (Å²) < 4.78 is 0. The van der Waals surface area contributed by atoms with Crippen LogP contribution in [-0.2, 0) is 0 Å². The summed E-state index contributed by atoms with van der Waals surface area (Å²) >= 11 is 0. The molecule has 2 rings (SSSR count). The minimum absolute atomic E-state index is 0.845. The van der Waals surface area contributed by atoms with Crippen LogP contribution in [0, 0.1) is 11.8 Å². The molecule has 78 valence electrons. The van der Waals surface area contributed by atoms with Gasteiger partial charge < -0.3 is 5.32 Å². The number of aromatic nitrogens is 1. The van der Waals surface area contributed by atoms with Gasteiger partial charge in [-0.25, -0.2) is 4.98 Å². The zero-order valence-corrected chi connectivity index (χ0v) is 8.74. The molecule has 1 aliphatic heterocycles. The Morgan fingerprint density at radius 1 is 1.33 bits per heavy atom. The van der Waals surface area contributed by atoms with Crippen molar-refractivity contribution in [3.63, 3.8) is 0 Å². The first-order chi connectivity index (χ1) is 7.45. The first kappa shape index (κ1) is 10.2. The third-order valence-electron chi connectivity index (χ3n) is 2.39. The Hall–Kier alpha value is -1.37. The van der Waals surface area contributed by atoms with Crippen molar-refractivity contribution in [2.45, 2.75) is 0 Å². The normalized spacial score (nSPS) is 16.8. The second-order valence-corrected chi connectivity index (χ2v) is 3.54. The fraction of sp³-hybridized carbons (Fsp3) is 0.417. The minimum Gasteiger partial charge on any atom is -0.314 e. The van der Waals surface area contributed by atoms with Crippen LogP contribution in [0.4, 0.5) is 0 Å². The molecule has 0 radical (unpaired) electrons. The number of pyridine rings is 1. The van der Waals surface area contributed by atoms with Crippen LogP contribution in [0.3, 0.4) is 0 Å². The van der Waals surface area contributed by atoms with Crippen LogP contribution >= 0.6 is 0 Å². The molecule has 0 amide bonds. The maximum absolute atomic E-state index is 4.16. The maximum atomic E-state index is 4.16. The predicted molar refractivity (Wildman–Crippen MR) is 60.4 cm³/mol. The van der Waals surface area contributed by atoms with Crippen LogP contribution in [0.2, 0.25) is 0 Å². The van der Waals surface area contributed by atoms with Crippen molar-refractivity contribution in [1.82, 2.24) is 15.2 Å². The third-order valence-corrected chi connectivity index (χ3v) is 2.39. The molecule has 2 heterocycles. The Bertz CT molecular complexity index is 344. The monoisotopic (exact) mass is 201 g/mol. The van der Waals surface area contributed by atoms with Gasteiger partial charge in [0.25, 0.3) is 0 Å². The molecule has 1 fully saturated rings. The highest BCUT2D eigenvalue weighted by molar-refractivity contribution is 5.26. The Kier molecular flexibility index (Phi) is 3.72. The molecular weight excluding hydrogens is 186 g/mol. The maximum Gasteiger partial charge on any atom is 0.113 e. The van der Waals surface area contributed by atoms with Gasteiger partial charge in [-0.05, 0) is 18.1 Å². The topological polar surface area (TPSA) is 28.2 Å². The van der Waals surface area contributed by atoms with Crippen molar-refractivity contribution in [2.24, 2.45) is 0 Å². The lowest BCUT2D eigenvalue weighted by Gasteiger charge is -2.24. The van der Waals surface area contributed by atoms with Crippen molar-refractivity contribution in [3.05, 3.63) is 30.1 Å². The number of nitrogens with one attached hydrogen (secondary N) is 1. The molecule has 3 heteroatoms. The summed E-state index contributed by atoms with van der Waals surface area (Å²) in [4.78, 5) is 6.51. The Balaban J connectivity index is 1.84. The van der Waals surface area contributed by atoms with E-state index in [2.05, 4.69) is 27.0 Å². The van der Waals surface area contributed by atoms with Gasteiger partial charge in [0.05, 0.1) is 6.54 Å². The number of hydrogen-bond donors (Lipinski definition) is 1. The zero-order chi connectivity index (χ0) is 10.3. The number of piperazine rings is 1. The molecule has 0 aliphatic carbocycles. The summed E-state index contributed by atoms with van der Waals surface area (Å²) in [6.45, 7) is 5.18. The van der Waals surface area contributed by atoms with Crippen molar-refractivity contribution >= 4 is 0 Å². The van der Waals surface area contributed by atoms with Gasteiger partial charge in [-0.1, -0.05) is 12.0 Å². The second-order valence-electron chi connectivity index (χ2n) is 3.54. The summed E-state index contributed by atoms with van der Waals surface area (Å²) in [5, 5.41) is 3.32. The van der Waals surface area contributed by atoms with Gasteiger partial charge in [-0.2, -0.15) is 0 Å². The highest BCUT2D eigenvalue weighted by Crippen LogP contribution is 1.92. The van der Waals surface area contributed by atoms with Gasteiger partial charge in [0, 0.05) is 32.4 Å². The van der Waals surface area contributed by atoms with Gasteiger partial charge in [0.15, 0.2) is 0 Å². The highest BCUT2D eigenvalue weighted by atomic mass is 15.2. The summed E-state index contributed by atoms with van der Waals surface area (Å²) in [6, 6.07) is 5.80. The van der Waals surface area contributed by atoms with Crippen molar-refractivity contribution in [3.8, 4) is 11.8 Å². The summed E-state index contributed by atoms with van der Waals surface area (Å²) in [6.07, 6.45) is 1.77. The molecule has 1 N–H and O–H groups in total. The summed E-state index contributed by atoms with van der Waals surface area (Å²) in [5.74, 6) is 6.23. The van der Waals surface area contributed by atoms with E-state index in [0.717, 1.165) is 38.4 Å². The third kappa shape index (κ3) is 3.35. The lowest BCUT2D eigenvalue weighted by atomic mass is 10.3. The predicted octanol–water partition coefficient (Wildman–Crippen LogP) is 0.338. The van der Waals surface area contributed by atoms with E-state index in [1.165, 1.54) is 0 Å². The fourth-order valence-corrected chi connectivity index (χ4v) is 1.55. The lowest BCUT2D eigenvalue weighted by molar-refractivity contribution is 0.268. The molecule has 1 aliphatic rings. The van der Waals surface area contributed by atoms with Crippen LogP contribution in [0.5, 0.6) is 0 Å². The number of hydrogen-bond acceptors (Lipinski definition) is 3. The molecule has 3 nitrogen and oxygen atoms in total. The number of nitrogens with zero attached hydrogens (tertiary/aromatic N) is 2. The molecule has 0 atom stereocenters. The average Bonchev–Trinajstić information content (AvgIpc) is 2.32. The largest absolute Gasteiger partial charge is 0.314 e. The van der Waals surface area contributed by atoms with Crippen molar-refractivity contribution in [2.75, 3.05) is 32.7 Å². The Morgan fingerprint density at radius 2 is 2.20 bits per heavy atom. The van der Waals surface area contributed by atoms with E-state index in [1.54, 1.807) is 6.20 Å². The number of rotatable bonds is 1. The fourth-order valence-electron chi connectivity index (χ4n) is 1.55. The van der Waals surface area contributed by atoms with Crippen LogP contribution in [0.25, 0.3) is 0 Å². The minimum atomic E-state index is 0.845. The van der Waals surface area contributed by atoms with E-state index in [0.29, 0.717) is 0 Å². The molecule has 0 aromatic carbocycles. The van der Waals surface area contributed by atoms with E-state index < -0.39 is 0 Å². The first-order valence-corrected chi connectivity index (χ1v) is 5.28. The molecule has 0 unspecified atom stereocenters. The zero-order valence-electron chi connectivity index (χ0n) is 8.74. The molecular formula is C12H15N3. The average molecular weight is 201 g/mol.